The van der Waals surface area contributed by atoms with E-state index < -0.39 is 10.0 Å². The van der Waals surface area contributed by atoms with Gasteiger partial charge in [0.2, 0.25) is 10.0 Å². The van der Waals surface area contributed by atoms with Gasteiger partial charge in [-0.15, -0.1) is 0 Å². The predicted octanol–water partition coefficient (Wildman–Crippen LogP) is 3.10. The fourth-order valence-electron chi connectivity index (χ4n) is 4.58. The van der Waals surface area contributed by atoms with Crippen LogP contribution < -0.4 is 9.80 Å². The molecule has 0 aromatic heterocycles. The molecule has 2 heterocycles. The van der Waals surface area contributed by atoms with Crippen molar-refractivity contribution < 1.29 is 18.1 Å². The lowest BCUT2D eigenvalue weighted by Crippen LogP contribution is -2.48. The molecule has 10 heteroatoms. The molecule has 0 radical (unpaired) electrons. The maximum Gasteiger partial charge on any atom is 0.292 e. The number of nitro groups is 1. The van der Waals surface area contributed by atoms with Crippen molar-refractivity contribution in [1.82, 2.24) is 4.31 Å². The summed E-state index contributed by atoms with van der Waals surface area (Å²) in [5, 5.41) is 13.5. The van der Waals surface area contributed by atoms with E-state index in [0.717, 1.165) is 16.5 Å². The van der Waals surface area contributed by atoms with Gasteiger partial charge in [-0.25, -0.2) is 8.42 Å². The minimum absolute atomic E-state index is 0.0724. The van der Waals surface area contributed by atoms with E-state index in [1.54, 1.807) is 24.3 Å². The SMILES string of the molecule is O=[N+]([O-])c1ccc(N2CCN(S(=O)(=O)c3ccc4ccccc4c3)CC2)cc1N1CCOCC1. The van der Waals surface area contributed by atoms with Crippen molar-refractivity contribution in [3.8, 4) is 0 Å². The lowest BCUT2D eigenvalue weighted by molar-refractivity contribution is -0.384. The number of nitrogens with zero attached hydrogens (tertiary/aromatic N) is 4. The number of hydrogen-bond donors (Lipinski definition) is 0. The molecule has 0 N–H and O–H groups in total. The largest absolute Gasteiger partial charge is 0.378 e. The zero-order valence-electron chi connectivity index (χ0n) is 18.7. The van der Waals surface area contributed by atoms with Crippen LogP contribution in [0, 0.1) is 10.1 Å². The van der Waals surface area contributed by atoms with Crippen LogP contribution in [0.25, 0.3) is 10.8 Å². The average molecular weight is 483 g/mol. The van der Waals surface area contributed by atoms with E-state index in [1.807, 2.05) is 41.3 Å². The van der Waals surface area contributed by atoms with E-state index in [-0.39, 0.29) is 10.6 Å². The van der Waals surface area contributed by atoms with Crippen molar-refractivity contribution in [2.45, 2.75) is 4.90 Å². The monoisotopic (exact) mass is 482 g/mol. The summed E-state index contributed by atoms with van der Waals surface area (Å²) in [6.07, 6.45) is 0. The maximum absolute atomic E-state index is 13.3. The molecule has 3 aromatic rings. The molecule has 2 aliphatic heterocycles. The number of morpholine rings is 1. The second kappa shape index (κ2) is 9.21. The molecule has 0 saturated carbocycles. The third-order valence-corrected chi connectivity index (χ3v) is 8.36. The smallest absolute Gasteiger partial charge is 0.292 e. The van der Waals surface area contributed by atoms with Crippen molar-refractivity contribution in [2.75, 3.05) is 62.3 Å². The van der Waals surface area contributed by atoms with Crippen molar-refractivity contribution in [3.05, 3.63) is 70.8 Å². The Balaban J connectivity index is 1.34. The van der Waals surface area contributed by atoms with Crippen molar-refractivity contribution in [2.24, 2.45) is 0 Å². The van der Waals surface area contributed by atoms with Gasteiger partial charge >= 0.3 is 0 Å². The highest BCUT2D eigenvalue weighted by Gasteiger charge is 2.30. The number of hydrogen-bond acceptors (Lipinski definition) is 7. The maximum atomic E-state index is 13.3. The zero-order chi connectivity index (χ0) is 23.7. The number of sulfonamides is 1. The van der Waals surface area contributed by atoms with Gasteiger partial charge in [0.05, 0.1) is 23.0 Å². The van der Waals surface area contributed by atoms with Crippen molar-refractivity contribution in [3.63, 3.8) is 0 Å². The number of nitro benzene ring substituents is 1. The van der Waals surface area contributed by atoms with Crippen molar-refractivity contribution in [1.29, 1.82) is 0 Å². The molecule has 0 amide bonds. The molecule has 2 saturated heterocycles. The lowest BCUT2D eigenvalue weighted by atomic mass is 10.1. The fraction of sp³-hybridized carbons (Fsp3) is 0.333. The van der Waals surface area contributed by atoms with Crippen LogP contribution in [0.4, 0.5) is 17.1 Å². The highest BCUT2D eigenvalue weighted by molar-refractivity contribution is 7.89. The first-order valence-electron chi connectivity index (χ1n) is 11.3. The lowest BCUT2D eigenvalue weighted by Gasteiger charge is -2.36. The summed E-state index contributed by atoms with van der Waals surface area (Å²) in [7, 11) is -3.61. The summed E-state index contributed by atoms with van der Waals surface area (Å²) in [5.74, 6) is 0. The van der Waals surface area contributed by atoms with Gasteiger partial charge in [0.15, 0.2) is 0 Å². The number of fused-ring (bicyclic) bond motifs is 1. The predicted molar refractivity (Wildman–Crippen MR) is 131 cm³/mol. The zero-order valence-corrected chi connectivity index (χ0v) is 19.5. The summed E-state index contributed by atoms with van der Waals surface area (Å²) >= 11 is 0. The van der Waals surface area contributed by atoms with Crippen LogP contribution in [0.5, 0.6) is 0 Å². The Morgan fingerprint density at radius 2 is 1.50 bits per heavy atom. The molecule has 3 aromatic carbocycles. The Hall–Kier alpha value is -3.21. The van der Waals surface area contributed by atoms with Gasteiger partial charge in [-0.05, 0) is 35.0 Å². The molecule has 0 spiro atoms. The number of ether oxygens (including phenoxy) is 1. The molecule has 34 heavy (non-hydrogen) atoms. The van der Waals surface area contributed by atoms with Gasteiger partial charge in [0.25, 0.3) is 5.69 Å². The van der Waals surface area contributed by atoms with Gasteiger partial charge in [-0.2, -0.15) is 4.31 Å². The summed E-state index contributed by atoms with van der Waals surface area (Å²) in [6, 6.07) is 18.0. The minimum atomic E-state index is -3.61. The summed E-state index contributed by atoms with van der Waals surface area (Å²) in [4.78, 5) is 15.6. The molecule has 0 atom stereocenters. The Labute approximate surface area is 198 Å². The average Bonchev–Trinajstić information content (AvgIpc) is 2.88. The topological polar surface area (TPSA) is 96.2 Å². The van der Waals surface area contributed by atoms with Crippen LogP contribution in [0.1, 0.15) is 0 Å². The first-order valence-corrected chi connectivity index (χ1v) is 12.7. The summed E-state index contributed by atoms with van der Waals surface area (Å²) in [5.41, 5.74) is 1.51. The van der Waals surface area contributed by atoms with Crippen LogP contribution in [-0.4, -0.2) is 70.1 Å². The second-order valence-electron chi connectivity index (χ2n) is 8.43. The highest BCUT2D eigenvalue weighted by atomic mass is 32.2. The Morgan fingerprint density at radius 1 is 0.794 bits per heavy atom. The second-order valence-corrected chi connectivity index (χ2v) is 10.4. The van der Waals surface area contributed by atoms with Crippen LogP contribution in [0.3, 0.4) is 0 Å². The van der Waals surface area contributed by atoms with Crippen LogP contribution in [0.15, 0.2) is 65.6 Å². The Bertz CT molecular complexity index is 1320. The molecular formula is C24H26N4O5S. The van der Waals surface area contributed by atoms with E-state index in [2.05, 4.69) is 4.90 Å². The highest BCUT2D eigenvalue weighted by Crippen LogP contribution is 2.34. The Kier molecular flexibility index (Phi) is 6.11. The third kappa shape index (κ3) is 4.31. The molecular weight excluding hydrogens is 456 g/mol. The quantitative estimate of drug-likeness (QED) is 0.407. The first kappa shape index (κ1) is 22.6. The van der Waals surface area contributed by atoms with E-state index in [9.17, 15) is 18.5 Å². The molecule has 0 bridgehead atoms. The van der Waals surface area contributed by atoms with E-state index in [0.29, 0.717) is 63.1 Å². The first-order chi connectivity index (χ1) is 16.4. The van der Waals surface area contributed by atoms with Gasteiger partial charge in [0.1, 0.15) is 5.69 Å². The van der Waals surface area contributed by atoms with E-state index in [4.69, 9.17) is 4.74 Å². The number of piperazine rings is 1. The number of rotatable bonds is 5. The van der Waals surface area contributed by atoms with Gasteiger partial charge in [0, 0.05) is 51.0 Å². The molecule has 2 aliphatic rings. The molecule has 9 nitrogen and oxygen atoms in total. The van der Waals surface area contributed by atoms with Crippen LogP contribution >= 0.6 is 0 Å². The third-order valence-electron chi connectivity index (χ3n) is 6.47. The van der Waals surface area contributed by atoms with Crippen LogP contribution in [-0.2, 0) is 14.8 Å². The van der Waals surface area contributed by atoms with Gasteiger partial charge < -0.3 is 14.5 Å². The fourth-order valence-corrected chi connectivity index (χ4v) is 6.04. The van der Waals surface area contributed by atoms with Gasteiger partial charge in [-0.3, -0.25) is 10.1 Å². The summed E-state index contributed by atoms with van der Waals surface area (Å²) in [6.45, 7) is 3.97. The Morgan fingerprint density at radius 3 is 2.21 bits per heavy atom. The molecule has 2 fully saturated rings. The van der Waals surface area contributed by atoms with Crippen LogP contribution in [0.2, 0.25) is 0 Å². The molecule has 0 unspecified atom stereocenters. The van der Waals surface area contributed by atoms with E-state index >= 15 is 0 Å². The van der Waals surface area contributed by atoms with E-state index in [1.165, 1.54) is 4.31 Å². The molecule has 5 rings (SSSR count). The standard InChI is InChI=1S/C24H26N4O5S/c29-28(30)23-8-6-21(18-24(23)26-13-15-33-16-14-26)25-9-11-27(12-10-25)34(31,32)22-7-5-19-3-1-2-4-20(19)17-22/h1-8,17-18H,9-16H2. The number of anilines is 2. The summed E-state index contributed by atoms with van der Waals surface area (Å²) < 4.78 is 33.4. The normalized spacial score (nSPS) is 17.8. The molecule has 178 valence electrons. The molecule has 0 aliphatic carbocycles. The minimum Gasteiger partial charge on any atom is -0.378 e. The van der Waals surface area contributed by atoms with Gasteiger partial charge in [-0.1, -0.05) is 30.3 Å². The van der Waals surface area contributed by atoms with Crippen molar-refractivity contribution >= 4 is 37.9 Å². The number of benzene rings is 3.